The molecule has 6 nitrogen and oxygen atoms in total. The molecule has 36 heavy (non-hydrogen) atoms. The number of rotatable bonds is 10. The highest BCUT2D eigenvalue weighted by atomic mass is 35.5. The minimum atomic E-state index is -0.499. The number of amides is 1. The van der Waals surface area contributed by atoms with Gasteiger partial charge in [-0.05, 0) is 74.0 Å². The second kappa shape index (κ2) is 12.9. The predicted octanol–water partition coefficient (Wildman–Crippen LogP) is 6.97. The van der Waals surface area contributed by atoms with Crippen LogP contribution in [0.25, 0.3) is 6.08 Å². The number of anilines is 2. The average Bonchev–Trinajstić information content (AvgIpc) is 2.89. The molecule has 186 valence electrons. The number of carbonyl (C=O) groups excluding carboxylic acids is 1. The van der Waals surface area contributed by atoms with E-state index < -0.39 is 5.91 Å². The lowest BCUT2D eigenvalue weighted by Gasteiger charge is -2.21. The van der Waals surface area contributed by atoms with Gasteiger partial charge in [-0.15, -0.1) is 0 Å². The maximum atomic E-state index is 12.7. The van der Waals surface area contributed by atoms with Crippen LogP contribution in [0, 0.1) is 11.3 Å². The van der Waals surface area contributed by atoms with Crippen molar-refractivity contribution in [1.82, 2.24) is 0 Å². The molecule has 0 radical (unpaired) electrons. The maximum Gasteiger partial charge on any atom is 0.266 e. The zero-order valence-corrected chi connectivity index (χ0v) is 21.9. The van der Waals surface area contributed by atoms with E-state index in [0.717, 1.165) is 18.8 Å². The summed E-state index contributed by atoms with van der Waals surface area (Å²) in [5.41, 5.74) is 2.91. The normalized spacial score (nSPS) is 10.9. The molecule has 1 amide bonds. The Morgan fingerprint density at radius 2 is 1.69 bits per heavy atom. The van der Waals surface area contributed by atoms with Crippen LogP contribution in [0.3, 0.4) is 0 Å². The summed E-state index contributed by atoms with van der Waals surface area (Å²) in [4.78, 5) is 14.9. The van der Waals surface area contributed by atoms with Crippen LogP contribution in [0.2, 0.25) is 10.0 Å². The lowest BCUT2D eigenvalue weighted by molar-refractivity contribution is -0.112. The molecule has 0 spiro atoms. The lowest BCUT2D eigenvalue weighted by Crippen LogP contribution is -2.21. The van der Waals surface area contributed by atoms with Gasteiger partial charge in [0.25, 0.3) is 5.91 Å². The van der Waals surface area contributed by atoms with Crippen LogP contribution in [0.5, 0.6) is 11.5 Å². The minimum absolute atomic E-state index is 0.0404. The molecule has 8 heteroatoms. The molecule has 0 fully saturated rings. The topological polar surface area (TPSA) is 74.6 Å². The summed E-state index contributed by atoms with van der Waals surface area (Å²) in [5.74, 6) is 0.416. The van der Waals surface area contributed by atoms with E-state index in [2.05, 4.69) is 24.1 Å². The first kappa shape index (κ1) is 26.9. The van der Waals surface area contributed by atoms with Gasteiger partial charge < -0.3 is 19.7 Å². The first-order chi connectivity index (χ1) is 17.4. The van der Waals surface area contributed by atoms with E-state index >= 15 is 0 Å². The lowest BCUT2D eigenvalue weighted by atomic mass is 10.1. The molecule has 0 aliphatic heterocycles. The average molecular weight is 524 g/mol. The molecular formula is C28H27Cl2N3O3. The second-order valence-electron chi connectivity index (χ2n) is 7.74. The first-order valence-electron chi connectivity index (χ1n) is 11.4. The number of nitrogens with one attached hydrogen (secondary N) is 1. The molecule has 0 atom stereocenters. The Kier molecular flexibility index (Phi) is 9.63. The largest absolute Gasteiger partial charge is 0.493 e. The van der Waals surface area contributed by atoms with Gasteiger partial charge in [0.2, 0.25) is 0 Å². The summed E-state index contributed by atoms with van der Waals surface area (Å²) in [7, 11) is 1.51. The smallest absolute Gasteiger partial charge is 0.266 e. The number of halogens is 2. The predicted molar refractivity (Wildman–Crippen MR) is 146 cm³/mol. The molecule has 0 heterocycles. The van der Waals surface area contributed by atoms with E-state index in [0.29, 0.717) is 38.4 Å². The Morgan fingerprint density at radius 1 is 1.03 bits per heavy atom. The fourth-order valence-corrected chi connectivity index (χ4v) is 4.08. The van der Waals surface area contributed by atoms with Crippen LogP contribution in [0.1, 0.15) is 25.0 Å². The monoisotopic (exact) mass is 523 g/mol. The van der Waals surface area contributed by atoms with Gasteiger partial charge in [-0.25, -0.2) is 0 Å². The van der Waals surface area contributed by atoms with Crippen molar-refractivity contribution >= 4 is 46.6 Å². The zero-order valence-electron chi connectivity index (χ0n) is 20.3. The van der Waals surface area contributed by atoms with Crippen molar-refractivity contribution in [2.75, 3.05) is 30.4 Å². The molecule has 0 saturated carbocycles. The van der Waals surface area contributed by atoms with Gasteiger partial charge in [0.1, 0.15) is 18.2 Å². The van der Waals surface area contributed by atoms with E-state index in [-0.39, 0.29) is 12.2 Å². The van der Waals surface area contributed by atoms with Gasteiger partial charge in [0.15, 0.2) is 11.5 Å². The van der Waals surface area contributed by atoms with Gasteiger partial charge in [-0.1, -0.05) is 35.3 Å². The van der Waals surface area contributed by atoms with E-state index in [4.69, 9.17) is 32.7 Å². The molecular weight excluding hydrogens is 497 g/mol. The third-order valence-corrected chi connectivity index (χ3v) is 6.26. The van der Waals surface area contributed by atoms with E-state index in [1.54, 1.807) is 36.4 Å². The molecule has 0 unspecified atom stereocenters. The van der Waals surface area contributed by atoms with Crippen LogP contribution >= 0.6 is 23.2 Å². The van der Waals surface area contributed by atoms with Crippen LogP contribution in [0.4, 0.5) is 11.4 Å². The standard InChI is InChI=1S/C28H27Cl2N3O3/c1-4-33(5-2)22-12-10-21(11-13-22)32-28(34)20(17-31)15-19-9-14-26(27(16-19)35-3)36-18-23-24(29)7-6-8-25(23)30/h6-16H,4-5,18H2,1-3H3,(H,32,34)/b20-15-. The summed E-state index contributed by atoms with van der Waals surface area (Å²) >= 11 is 12.4. The van der Waals surface area contributed by atoms with E-state index in [1.165, 1.54) is 13.2 Å². The summed E-state index contributed by atoms with van der Waals surface area (Å²) in [6.45, 7) is 6.12. The Hall–Kier alpha value is -3.66. The Balaban J connectivity index is 1.73. The molecule has 3 aromatic carbocycles. The molecule has 0 aromatic heterocycles. The molecule has 1 N–H and O–H groups in total. The minimum Gasteiger partial charge on any atom is -0.493 e. The highest BCUT2D eigenvalue weighted by molar-refractivity contribution is 6.35. The number of benzene rings is 3. The van der Waals surface area contributed by atoms with Crippen molar-refractivity contribution in [3.8, 4) is 17.6 Å². The van der Waals surface area contributed by atoms with E-state index in [1.807, 2.05) is 30.3 Å². The molecule has 0 saturated heterocycles. The number of methoxy groups -OCH3 is 1. The molecule has 3 rings (SSSR count). The van der Waals surface area contributed by atoms with Gasteiger partial charge in [-0.3, -0.25) is 4.79 Å². The maximum absolute atomic E-state index is 12.7. The molecule has 0 aliphatic rings. The summed E-state index contributed by atoms with van der Waals surface area (Å²) in [6, 6.07) is 19.9. The van der Waals surface area contributed by atoms with Crippen molar-refractivity contribution in [1.29, 1.82) is 5.26 Å². The van der Waals surface area contributed by atoms with Crippen molar-refractivity contribution in [2.45, 2.75) is 20.5 Å². The van der Waals surface area contributed by atoms with Crippen LogP contribution in [-0.4, -0.2) is 26.1 Å². The van der Waals surface area contributed by atoms with Crippen molar-refractivity contribution in [3.63, 3.8) is 0 Å². The van der Waals surface area contributed by atoms with Gasteiger partial charge in [0, 0.05) is 40.1 Å². The number of ether oxygens (including phenoxy) is 2. The van der Waals surface area contributed by atoms with E-state index in [9.17, 15) is 10.1 Å². The Morgan fingerprint density at radius 3 is 2.28 bits per heavy atom. The highest BCUT2D eigenvalue weighted by Gasteiger charge is 2.13. The van der Waals surface area contributed by atoms with Crippen molar-refractivity contribution < 1.29 is 14.3 Å². The number of carbonyl (C=O) groups is 1. The first-order valence-corrected chi connectivity index (χ1v) is 12.2. The fourth-order valence-electron chi connectivity index (χ4n) is 3.57. The quantitative estimate of drug-likeness (QED) is 0.229. The van der Waals surface area contributed by atoms with Gasteiger partial charge in [-0.2, -0.15) is 5.26 Å². The number of nitriles is 1. The Labute approximate surface area is 221 Å². The van der Waals surface area contributed by atoms with Crippen LogP contribution in [-0.2, 0) is 11.4 Å². The number of nitrogens with zero attached hydrogens (tertiary/aromatic N) is 2. The molecule has 3 aromatic rings. The molecule has 0 aliphatic carbocycles. The van der Waals surface area contributed by atoms with Gasteiger partial charge >= 0.3 is 0 Å². The highest BCUT2D eigenvalue weighted by Crippen LogP contribution is 2.32. The summed E-state index contributed by atoms with van der Waals surface area (Å²) in [5, 5.41) is 13.4. The second-order valence-corrected chi connectivity index (χ2v) is 8.56. The molecule has 0 bridgehead atoms. The van der Waals surface area contributed by atoms with Crippen LogP contribution in [0.15, 0.2) is 66.2 Å². The summed E-state index contributed by atoms with van der Waals surface area (Å²) < 4.78 is 11.3. The Bertz CT molecular complexity index is 1260. The zero-order chi connectivity index (χ0) is 26.1. The third-order valence-electron chi connectivity index (χ3n) is 5.55. The summed E-state index contributed by atoms with van der Waals surface area (Å²) in [6.07, 6.45) is 1.50. The van der Waals surface area contributed by atoms with Crippen molar-refractivity contribution in [3.05, 3.63) is 87.4 Å². The SMILES string of the molecule is CCN(CC)c1ccc(NC(=O)/C(C#N)=C\c2ccc(OCc3c(Cl)cccc3Cl)c(OC)c2)cc1. The fraction of sp³-hybridized carbons (Fsp3) is 0.214. The van der Waals surface area contributed by atoms with Crippen LogP contribution < -0.4 is 19.7 Å². The van der Waals surface area contributed by atoms with Crippen molar-refractivity contribution in [2.24, 2.45) is 0 Å². The van der Waals surface area contributed by atoms with Gasteiger partial charge in [0.05, 0.1) is 7.11 Å². The third kappa shape index (κ3) is 6.72. The number of hydrogen-bond donors (Lipinski definition) is 1. The number of hydrogen-bond acceptors (Lipinski definition) is 5.